The van der Waals surface area contributed by atoms with Gasteiger partial charge in [0, 0.05) is 12.7 Å². The summed E-state index contributed by atoms with van der Waals surface area (Å²) in [4.78, 5) is 10.8. The number of hydrogen-bond donors (Lipinski definition) is 0. The van der Waals surface area contributed by atoms with E-state index in [4.69, 9.17) is 4.74 Å². The van der Waals surface area contributed by atoms with E-state index in [-0.39, 0.29) is 5.97 Å². The molecule has 0 aromatic heterocycles. The van der Waals surface area contributed by atoms with Crippen molar-refractivity contribution in [1.29, 1.82) is 0 Å². The molecule has 0 amide bonds. The Morgan fingerprint density at radius 3 is 2.52 bits per heavy atom. The summed E-state index contributed by atoms with van der Waals surface area (Å²) < 4.78 is 10.1. The Bertz CT molecular complexity index is 435. The first-order valence-electron chi connectivity index (χ1n) is 7.34. The van der Waals surface area contributed by atoms with Gasteiger partial charge in [-0.2, -0.15) is 0 Å². The van der Waals surface area contributed by atoms with Crippen LogP contribution < -0.4 is 0 Å². The molecule has 0 aliphatic carbocycles. The van der Waals surface area contributed by atoms with Crippen molar-refractivity contribution in [3.05, 3.63) is 60.2 Å². The molecule has 0 spiro atoms. The SMILES string of the molecule is COC(=O)/C=C/CC/C=C/CCCOCc1ccccc1. The second kappa shape index (κ2) is 11.9. The summed E-state index contributed by atoms with van der Waals surface area (Å²) in [5.74, 6) is -0.297. The van der Waals surface area contributed by atoms with Crippen molar-refractivity contribution in [3.63, 3.8) is 0 Å². The highest BCUT2D eigenvalue weighted by atomic mass is 16.5. The largest absolute Gasteiger partial charge is 0.466 e. The third-order valence-electron chi connectivity index (χ3n) is 2.89. The van der Waals surface area contributed by atoms with Crippen LogP contribution in [0.1, 0.15) is 31.2 Å². The van der Waals surface area contributed by atoms with Gasteiger partial charge < -0.3 is 9.47 Å². The van der Waals surface area contributed by atoms with Crippen molar-refractivity contribution in [2.45, 2.75) is 32.3 Å². The summed E-state index contributed by atoms with van der Waals surface area (Å²) in [5.41, 5.74) is 1.21. The highest BCUT2D eigenvalue weighted by Gasteiger charge is 1.91. The maximum Gasteiger partial charge on any atom is 0.330 e. The molecule has 0 atom stereocenters. The van der Waals surface area contributed by atoms with E-state index in [0.29, 0.717) is 6.61 Å². The van der Waals surface area contributed by atoms with Crippen LogP contribution in [0.3, 0.4) is 0 Å². The maximum absolute atomic E-state index is 10.8. The van der Waals surface area contributed by atoms with Gasteiger partial charge in [-0.15, -0.1) is 0 Å². The summed E-state index contributed by atoms with van der Waals surface area (Å²) in [6.07, 6.45) is 11.5. The lowest BCUT2D eigenvalue weighted by molar-refractivity contribution is -0.134. The highest BCUT2D eigenvalue weighted by molar-refractivity contribution is 5.81. The predicted molar refractivity (Wildman–Crippen MR) is 84.9 cm³/mol. The number of hydrogen-bond acceptors (Lipinski definition) is 3. The molecule has 3 nitrogen and oxygen atoms in total. The van der Waals surface area contributed by atoms with Crippen LogP contribution in [0, 0.1) is 0 Å². The number of benzene rings is 1. The average molecular weight is 288 g/mol. The van der Waals surface area contributed by atoms with E-state index in [1.807, 2.05) is 24.3 Å². The third kappa shape index (κ3) is 9.63. The minimum atomic E-state index is -0.297. The number of unbranched alkanes of at least 4 members (excludes halogenated alkanes) is 2. The Labute approximate surface area is 127 Å². The van der Waals surface area contributed by atoms with Gasteiger partial charge in [0.1, 0.15) is 0 Å². The van der Waals surface area contributed by atoms with E-state index >= 15 is 0 Å². The molecule has 0 unspecified atom stereocenters. The van der Waals surface area contributed by atoms with Crippen molar-refractivity contribution in [2.24, 2.45) is 0 Å². The Morgan fingerprint density at radius 2 is 1.76 bits per heavy atom. The predicted octanol–water partition coefficient (Wildman–Crippen LogP) is 4.05. The smallest absolute Gasteiger partial charge is 0.330 e. The van der Waals surface area contributed by atoms with Gasteiger partial charge in [-0.05, 0) is 31.2 Å². The first-order valence-corrected chi connectivity index (χ1v) is 7.34. The van der Waals surface area contributed by atoms with Gasteiger partial charge in [-0.3, -0.25) is 0 Å². The molecule has 0 saturated heterocycles. The second-order valence-electron chi connectivity index (χ2n) is 4.65. The van der Waals surface area contributed by atoms with Gasteiger partial charge in [-0.25, -0.2) is 4.79 Å². The van der Waals surface area contributed by atoms with E-state index in [1.54, 1.807) is 0 Å². The second-order valence-corrected chi connectivity index (χ2v) is 4.65. The molecular formula is C18H24O3. The van der Waals surface area contributed by atoms with E-state index in [0.717, 1.165) is 32.3 Å². The summed E-state index contributed by atoms with van der Waals surface area (Å²) in [5, 5.41) is 0. The molecule has 0 fully saturated rings. The van der Waals surface area contributed by atoms with Gasteiger partial charge in [0.15, 0.2) is 0 Å². The Morgan fingerprint density at radius 1 is 1.05 bits per heavy atom. The summed E-state index contributed by atoms with van der Waals surface area (Å²) in [6, 6.07) is 10.2. The van der Waals surface area contributed by atoms with Crippen LogP contribution >= 0.6 is 0 Å². The molecule has 1 rings (SSSR count). The molecule has 3 heteroatoms. The van der Waals surface area contributed by atoms with Crippen LogP contribution in [0.2, 0.25) is 0 Å². The average Bonchev–Trinajstić information content (AvgIpc) is 2.53. The van der Waals surface area contributed by atoms with Crippen molar-refractivity contribution in [1.82, 2.24) is 0 Å². The molecule has 0 aliphatic rings. The molecule has 0 aliphatic heterocycles. The van der Waals surface area contributed by atoms with Crippen LogP contribution in [-0.2, 0) is 20.9 Å². The first kappa shape index (κ1) is 17.2. The number of methoxy groups -OCH3 is 1. The lowest BCUT2D eigenvalue weighted by Crippen LogP contribution is -1.94. The fourth-order valence-electron chi connectivity index (χ4n) is 1.74. The molecule has 114 valence electrons. The Hall–Kier alpha value is -1.87. The van der Waals surface area contributed by atoms with Gasteiger partial charge in [0.2, 0.25) is 0 Å². The maximum atomic E-state index is 10.8. The van der Waals surface area contributed by atoms with Gasteiger partial charge in [-0.1, -0.05) is 48.6 Å². The van der Waals surface area contributed by atoms with Gasteiger partial charge >= 0.3 is 5.97 Å². The number of carbonyl (C=O) groups is 1. The molecule has 0 saturated carbocycles. The number of allylic oxidation sites excluding steroid dienone is 3. The number of esters is 1. The van der Waals surface area contributed by atoms with Crippen LogP contribution in [0.5, 0.6) is 0 Å². The normalized spacial score (nSPS) is 11.3. The van der Waals surface area contributed by atoms with Crippen LogP contribution in [-0.4, -0.2) is 19.7 Å². The fourth-order valence-corrected chi connectivity index (χ4v) is 1.74. The summed E-state index contributed by atoms with van der Waals surface area (Å²) in [7, 11) is 1.38. The monoisotopic (exact) mass is 288 g/mol. The first-order chi connectivity index (χ1) is 10.3. The Kier molecular flexibility index (Phi) is 9.75. The van der Waals surface area contributed by atoms with Crippen LogP contribution in [0.15, 0.2) is 54.6 Å². The molecule has 21 heavy (non-hydrogen) atoms. The lowest BCUT2D eigenvalue weighted by Gasteiger charge is -2.02. The minimum absolute atomic E-state index is 0.297. The number of ether oxygens (including phenoxy) is 2. The van der Waals surface area contributed by atoms with E-state index in [9.17, 15) is 4.79 Å². The van der Waals surface area contributed by atoms with Gasteiger partial charge in [0.25, 0.3) is 0 Å². The van der Waals surface area contributed by atoms with Crippen molar-refractivity contribution in [3.8, 4) is 0 Å². The van der Waals surface area contributed by atoms with Gasteiger partial charge in [0.05, 0.1) is 13.7 Å². The standard InChI is InChI=1S/C18H24O3/c1-20-18(19)14-10-5-3-2-4-6-11-15-21-16-17-12-8-7-9-13-17/h2,4,7-10,12-14H,3,5-6,11,15-16H2,1H3/b4-2+,14-10+. The van der Waals surface area contributed by atoms with Crippen LogP contribution in [0.25, 0.3) is 0 Å². The van der Waals surface area contributed by atoms with Crippen molar-refractivity contribution < 1.29 is 14.3 Å². The topological polar surface area (TPSA) is 35.5 Å². The van der Waals surface area contributed by atoms with Crippen molar-refractivity contribution in [2.75, 3.05) is 13.7 Å². The van der Waals surface area contributed by atoms with Crippen LogP contribution in [0.4, 0.5) is 0 Å². The quantitative estimate of drug-likeness (QED) is 0.282. The van der Waals surface area contributed by atoms with E-state index in [1.165, 1.54) is 18.7 Å². The fraction of sp³-hybridized carbons (Fsp3) is 0.389. The number of carbonyl (C=O) groups excluding carboxylic acids is 1. The zero-order chi connectivity index (χ0) is 15.2. The van der Waals surface area contributed by atoms with Crippen molar-refractivity contribution >= 4 is 5.97 Å². The lowest BCUT2D eigenvalue weighted by atomic mass is 10.2. The molecule has 0 bridgehead atoms. The van der Waals surface area contributed by atoms with E-state index in [2.05, 4.69) is 29.0 Å². The molecule has 1 aromatic carbocycles. The minimum Gasteiger partial charge on any atom is -0.466 e. The Balaban J connectivity index is 1.93. The molecule has 1 aromatic rings. The molecule has 0 N–H and O–H groups in total. The molecule has 0 heterocycles. The molecule has 0 radical (unpaired) electrons. The zero-order valence-electron chi connectivity index (χ0n) is 12.7. The highest BCUT2D eigenvalue weighted by Crippen LogP contribution is 2.02. The summed E-state index contributed by atoms with van der Waals surface area (Å²) in [6.45, 7) is 1.46. The zero-order valence-corrected chi connectivity index (χ0v) is 12.7. The summed E-state index contributed by atoms with van der Waals surface area (Å²) >= 11 is 0. The third-order valence-corrected chi connectivity index (χ3v) is 2.89. The van der Waals surface area contributed by atoms with E-state index < -0.39 is 0 Å². The number of rotatable bonds is 10. The molecular weight excluding hydrogens is 264 g/mol.